The van der Waals surface area contributed by atoms with E-state index < -0.39 is 6.04 Å². The van der Waals surface area contributed by atoms with Crippen LogP contribution in [0.2, 0.25) is 0 Å². The molecule has 1 saturated heterocycles. The van der Waals surface area contributed by atoms with Crippen LogP contribution in [0.4, 0.5) is 0 Å². The van der Waals surface area contributed by atoms with Gasteiger partial charge in [-0.25, -0.2) is 0 Å². The van der Waals surface area contributed by atoms with E-state index in [-0.39, 0.29) is 24.4 Å². The second kappa shape index (κ2) is 8.25. The summed E-state index contributed by atoms with van der Waals surface area (Å²) in [5, 5.41) is 2.95. The second-order valence-electron chi connectivity index (χ2n) is 5.20. The molecule has 5 heteroatoms. The van der Waals surface area contributed by atoms with Gasteiger partial charge in [-0.3, -0.25) is 9.69 Å². The first-order valence-corrected chi connectivity index (χ1v) is 7.01. The Bertz CT molecular complexity index is 405. The van der Waals surface area contributed by atoms with Gasteiger partial charge in [-0.05, 0) is 38.4 Å². The molecule has 2 rings (SSSR count). The first-order valence-electron chi connectivity index (χ1n) is 7.01. The molecule has 1 aliphatic heterocycles. The molecule has 1 fully saturated rings. The number of hydrogen-bond acceptors (Lipinski definition) is 3. The highest BCUT2D eigenvalue weighted by Gasteiger charge is 2.24. The van der Waals surface area contributed by atoms with E-state index in [1.54, 1.807) is 6.92 Å². The van der Waals surface area contributed by atoms with Crippen molar-refractivity contribution in [3.63, 3.8) is 0 Å². The van der Waals surface area contributed by atoms with Crippen molar-refractivity contribution in [3.05, 3.63) is 35.9 Å². The van der Waals surface area contributed by atoms with E-state index in [4.69, 9.17) is 5.73 Å². The van der Waals surface area contributed by atoms with E-state index in [0.717, 1.165) is 13.1 Å². The zero-order chi connectivity index (χ0) is 13.7. The van der Waals surface area contributed by atoms with Gasteiger partial charge in [-0.15, -0.1) is 12.4 Å². The summed E-state index contributed by atoms with van der Waals surface area (Å²) in [7, 11) is 0. The Kier molecular flexibility index (Phi) is 6.99. The highest BCUT2D eigenvalue weighted by molar-refractivity contribution is 5.85. The third-order valence-corrected chi connectivity index (χ3v) is 3.65. The molecule has 20 heavy (non-hydrogen) atoms. The summed E-state index contributed by atoms with van der Waals surface area (Å²) in [5.74, 6) is -0.0832. The molecule has 1 heterocycles. The Balaban J connectivity index is 0.00000200. The highest BCUT2D eigenvalue weighted by Crippen LogP contribution is 2.24. The molecule has 0 saturated carbocycles. The number of carbonyl (C=O) groups is 1. The first kappa shape index (κ1) is 17.0. The maximum Gasteiger partial charge on any atom is 0.236 e. The van der Waals surface area contributed by atoms with Crippen LogP contribution in [-0.4, -0.2) is 36.5 Å². The third-order valence-electron chi connectivity index (χ3n) is 3.65. The fraction of sp³-hybridized carbons (Fsp3) is 0.533. The van der Waals surface area contributed by atoms with Crippen LogP contribution in [0.5, 0.6) is 0 Å². The number of nitrogens with two attached hydrogens (primary N) is 1. The summed E-state index contributed by atoms with van der Waals surface area (Å²) in [6.45, 7) is 4.55. The van der Waals surface area contributed by atoms with E-state index >= 15 is 0 Å². The van der Waals surface area contributed by atoms with Crippen molar-refractivity contribution in [1.82, 2.24) is 10.2 Å². The Morgan fingerprint density at radius 3 is 2.45 bits per heavy atom. The summed E-state index contributed by atoms with van der Waals surface area (Å²) < 4.78 is 0. The van der Waals surface area contributed by atoms with Gasteiger partial charge in [-0.1, -0.05) is 30.3 Å². The number of nitrogens with zero attached hydrogens (tertiary/aromatic N) is 1. The number of rotatable bonds is 5. The molecule has 1 aromatic rings. The molecule has 112 valence electrons. The highest BCUT2D eigenvalue weighted by atomic mass is 35.5. The van der Waals surface area contributed by atoms with Crippen LogP contribution in [-0.2, 0) is 4.79 Å². The number of nitrogens with one attached hydrogen (secondary N) is 1. The van der Waals surface area contributed by atoms with Gasteiger partial charge in [0.1, 0.15) is 0 Å². The average molecular weight is 298 g/mol. The standard InChI is InChI=1S/C15H23N3O.ClH/c1-12(16)15(19)17-11-14(18-9-5-6-10-18)13-7-3-2-4-8-13;/h2-4,7-8,12,14H,5-6,9-11,16H2,1H3,(H,17,19);1H. The normalized spacial score (nSPS) is 18.1. The van der Waals surface area contributed by atoms with Gasteiger partial charge in [-0.2, -0.15) is 0 Å². The van der Waals surface area contributed by atoms with Gasteiger partial charge in [0, 0.05) is 6.54 Å². The molecule has 3 N–H and O–H groups in total. The minimum Gasteiger partial charge on any atom is -0.353 e. The number of halogens is 1. The summed E-state index contributed by atoms with van der Waals surface area (Å²) >= 11 is 0. The molecule has 4 nitrogen and oxygen atoms in total. The number of benzene rings is 1. The van der Waals surface area contributed by atoms with Gasteiger partial charge >= 0.3 is 0 Å². The Labute approximate surface area is 127 Å². The monoisotopic (exact) mass is 297 g/mol. The van der Waals surface area contributed by atoms with Gasteiger partial charge < -0.3 is 11.1 Å². The lowest BCUT2D eigenvalue weighted by molar-refractivity contribution is -0.122. The van der Waals surface area contributed by atoms with Gasteiger partial charge in [0.25, 0.3) is 0 Å². The lowest BCUT2D eigenvalue weighted by Gasteiger charge is -2.28. The molecule has 1 aliphatic rings. The Hall–Kier alpha value is -1.10. The maximum absolute atomic E-state index is 11.6. The average Bonchev–Trinajstić information content (AvgIpc) is 2.94. The predicted octanol–water partition coefficient (Wildman–Crippen LogP) is 1.71. The summed E-state index contributed by atoms with van der Waals surface area (Å²) in [4.78, 5) is 14.1. The minimum atomic E-state index is -0.449. The molecule has 2 atom stereocenters. The van der Waals surface area contributed by atoms with Crippen LogP contribution in [0.3, 0.4) is 0 Å². The summed E-state index contributed by atoms with van der Waals surface area (Å²) in [5.41, 5.74) is 6.85. The van der Waals surface area contributed by atoms with E-state index in [1.807, 2.05) is 18.2 Å². The van der Waals surface area contributed by atoms with Crippen LogP contribution in [0.15, 0.2) is 30.3 Å². The predicted molar refractivity (Wildman–Crippen MR) is 83.9 cm³/mol. The molecule has 1 aromatic carbocycles. The number of carbonyl (C=O) groups excluding carboxylic acids is 1. The van der Waals surface area contributed by atoms with Crippen molar-refractivity contribution in [2.24, 2.45) is 5.73 Å². The largest absolute Gasteiger partial charge is 0.353 e. The summed E-state index contributed by atoms with van der Waals surface area (Å²) in [6.07, 6.45) is 2.48. The topological polar surface area (TPSA) is 58.4 Å². The van der Waals surface area contributed by atoms with Crippen molar-refractivity contribution in [2.45, 2.75) is 31.8 Å². The minimum absolute atomic E-state index is 0. The SMILES string of the molecule is CC(N)C(=O)NCC(c1ccccc1)N1CCCC1.Cl. The number of amides is 1. The molecule has 0 aliphatic carbocycles. The van der Waals surface area contributed by atoms with Crippen LogP contribution in [0.1, 0.15) is 31.4 Å². The molecule has 0 bridgehead atoms. The van der Waals surface area contributed by atoms with Gasteiger partial charge in [0.15, 0.2) is 0 Å². The third kappa shape index (κ3) is 4.47. The Morgan fingerprint density at radius 1 is 1.30 bits per heavy atom. The van der Waals surface area contributed by atoms with Gasteiger partial charge in [0.2, 0.25) is 5.91 Å². The van der Waals surface area contributed by atoms with Crippen molar-refractivity contribution in [3.8, 4) is 0 Å². The van der Waals surface area contributed by atoms with Crippen molar-refractivity contribution in [1.29, 1.82) is 0 Å². The zero-order valence-corrected chi connectivity index (χ0v) is 12.7. The van der Waals surface area contributed by atoms with Crippen molar-refractivity contribution in [2.75, 3.05) is 19.6 Å². The van der Waals surface area contributed by atoms with Crippen LogP contribution >= 0.6 is 12.4 Å². The quantitative estimate of drug-likeness (QED) is 0.870. The van der Waals surface area contributed by atoms with E-state index in [1.165, 1.54) is 18.4 Å². The van der Waals surface area contributed by atoms with E-state index in [0.29, 0.717) is 6.54 Å². The van der Waals surface area contributed by atoms with Crippen LogP contribution in [0.25, 0.3) is 0 Å². The Morgan fingerprint density at radius 2 is 1.90 bits per heavy atom. The molecular formula is C15H24ClN3O. The second-order valence-corrected chi connectivity index (χ2v) is 5.20. The molecule has 0 radical (unpaired) electrons. The fourth-order valence-electron chi connectivity index (χ4n) is 2.54. The lowest BCUT2D eigenvalue weighted by Crippen LogP contribution is -2.43. The number of hydrogen-bond donors (Lipinski definition) is 2. The van der Waals surface area contributed by atoms with E-state index in [2.05, 4.69) is 22.3 Å². The molecule has 2 unspecified atom stereocenters. The maximum atomic E-state index is 11.6. The lowest BCUT2D eigenvalue weighted by atomic mass is 10.1. The smallest absolute Gasteiger partial charge is 0.236 e. The fourth-order valence-corrected chi connectivity index (χ4v) is 2.54. The zero-order valence-electron chi connectivity index (χ0n) is 11.9. The van der Waals surface area contributed by atoms with Gasteiger partial charge in [0.05, 0.1) is 12.1 Å². The van der Waals surface area contributed by atoms with Crippen molar-refractivity contribution < 1.29 is 4.79 Å². The van der Waals surface area contributed by atoms with Crippen LogP contribution in [0, 0.1) is 0 Å². The molecule has 0 aromatic heterocycles. The van der Waals surface area contributed by atoms with E-state index in [9.17, 15) is 4.79 Å². The van der Waals surface area contributed by atoms with Crippen molar-refractivity contribution >= 4 is 18.3 Å². The molecular weight excluding hydrogens is 274 g/mol. The van der Waals surface area contributed by atoms with Crippen LogP contribution < -0.4 is 11.1 Å². The first-order chi connectivity index (χ1) is 9.18. The molecule has 1 amide bonds. The summed E-state index contributed by atoms with van der Waals surface area (Å²) in [6, 6.07) is 10.2. The number of likely N-dealkylation sites (tertiary alicyclic amines) is 1. The molecule has 0 spiro atoms.